The minimum absolute atomic E-state index is 0.0228. The number of ether oxygens (including phenoxy) is 1. The Balaban J connectivity index is 1.72. The summed E-state index contributed by atoms with van der Waals surface area (Å²) >= 11 is 1.49. The maximum Gasteiger partial charge on any atom is 0.233 e. The van der Waals surface area contributed by atoms with E-state index >= 15 is 0 Å². The molecule has 1 amide bonds. The van der Waals surface area contributed by atoms with Crippen LogP contribution in [0, 0.1) is 6.92 Å². The average Bonchev–Trinajstić information content (AvgIpc) is 3.09. The fourth-order valence-corrected chi connectivity index (χ4v) is 3.46. The molecule has 6 heteroatoms. The Morgan fingerprint density at radius 1 is 1.42 bits per heavy atom. The first kappa shape index (κ1) is 17.1. The predicted molar refractivity (Wildman–Crippen MR) is 96.6 cm³/mol. The fraction of sp³-hybridized carbons (Fsp3) is 0.444. The molecule has 5 nitrogen and oxygen atoms in total. The molecule has 0 spiro atoms. The van der Waals surface area contributed by atoms with E-state index in [0.29, 0.717) is 19.6 Å². The normalized spacial score (nSPS) is 18.5. The summed E-state index contributed by atoms with van der Waals surface area (Å²) in [5.41, 5.74) is 2.22. The van der Waals surface area contributed by atoms with Gasteiger partial charge in [0.25, 0.3) is 0 Å². The van der Waals surface area contributed by atoms with Gasteiger partial charge in [-0.25, -0.2) is 4.98 Å². The zero-order chi connectivity index (χ0) is 16.9. The number of rotatable bonds is 5. The van der Waals surface area contributed by atoms with E-state index in [9.17, 15) is 4.79 Å². The summed E-state index contributed by atoms with van der Waals surface area (Å²) in [5.74, 6) is 0.0608. The molecule has 1 aromatic carbocycles. The van der Waals surface area contributed by atoms with Crippen molar-refractivity contribution in [3.63, 3.8) is 0 Å². The van der Waals surface area contributed by atoms with Crippen LogP contribution in [-0.2, 0) is 16.0 Å². The van der Waals surface area contributed by atoms with Crippen molar-refractivity contribution in [2.75, 3.05) is 38.2 Å². The molecule has 1 atom stereocenters. The van der Waals surface area contributed by atoms with Crippen LogP contribution in [0.4, 0.5) is 5.13 Å². The Morgan fingerprint density at radius 2 is 2.21 bits per heavy atom. The van der Waals surface area contributed by atoms with Crippen LogP contribution in [0.25, 0.3) is 0 Å². The molecule has 0 aliphatic carbocycles. The molecule has 1 aliphatic rings. The molecule has 1 saturated heterocycles. The van der Waals surface area contributed by atoms with Crippen LogP contribution >= 0.6 is 11.3 Å². The fourth-order valence-electron chi connectivity index (χ4n) is 2.79. The van der Waals surface area contributed by atoms with E-state index in [0.717, 1.165) is 23.8 Å². The summed E-state index contributed by atoms with van der Waals surface area (Å²) in [6.45, 7) is 5.07. The van der Waals surface area contributed by atoms with E-state index in [1.165, 1.54) is 16.9 Å². The number of aryl methyl sites for hydroxylation is 1. The molecule has 0 bridgehead atoms. The van der Waals surface area contributed by atoms with Crippen molar-refractivity contribution in [1.82, 2.24) is 9.88 Å². The summed E-state index contributed by atoms with van der Waals surface area (Å²) in [5, 5.41) is 2.64. The molecule has 3 rings (SSSR count). The molecule has 0 radical (unpaired) electrons. The van der Waals surface area contributed by atoms with Crippen LogP contribution < -0.4 is 4.90 Å². The zero-order valence-corrected chi connectivity index (χ0v) is 15.0. The molecule has 2 aromatic rings. The number of anilines is 1. The van der Waals surface area contributed by atoms with Crippen LogP contribution in [0.1, 0.15) is 11.1 Å². The second-order valence-electron chi connectivity index (χ2n) is 6.24. The van der Waals surface area contributed by atoms with E-state index in [1.807, 2.05) is 36.6 Å². The Morgan fingerprint density at radius 3 is 2.88 bits per heavy atom. The lowest BCUT2D eigenvalue weighted by atomic mass is 10.1. The second-order valence-corrected chi connectivity index (χ2v) is 7.11. The van der Waals surface area contributed by atoms with Gasteiger partial charge in [0.15, 0.2) is 5.13 Å². The van der Waals surface area contributed by atoms with Crippen molar-refractivity contribution in [3.05, 3.63) is 47.0 Å². The third-order valence-electron chi connectivity index (χ3n) is 4.16. The lowest BCUT2D eigenvalue weighted by Gasteiger charge is -2.33. The van der Waals surface area contributed by atoms with Crippen molar-refractivity contribution in [2.24, 2.45) is 0 Å². The summed E-state index contributed by atoms with van der Waals surface area (Å²) in [4.78, 5) is 21.2. The number of carbonyl (C=O) groups is 1. The first-order valence-corrected chi connectivity index (χ1v) is 9.05. The van der Waals surface area contributed by atoms with E-state index < -0.39 is 0 Å². The Kier molecular flexibility index (Phi) is 5.60. The Labute approximate surface area is 146 Å². The predicted octanol–water partition coefficient (Wildman–Crippen LogP) is 2.36. The molecular weight excluding hydrogens is 322 g/mol. The molecule has 2 heterocycles. The van der Waals surface area contributed by atoms with Gasteiger partial charge in [0.2, 0.25) is 5.91 Å². The maximum atomic E-state index is 12.9. The van der Waals surface area contributed by atoms with Gasteiger partial charge in [-0.1, -0.05) is 29.8 Å². The first-order chi connectivity index (χ1) is 11.6. The van der Waals surface area contributed by atoms with Gasteiger partial charge in [-0.3, -0.25) is 9.69 Å². The maximum absolute atomic E-state index is 12.9. The van der Waals surface area contributed by atoms with E-state index in [1.54, 1.807) is 11.1 Å². The number of likely N-dealkylation sites (N-methyl/N-ethyl adjacent to an activating group) is 1. The van der Waals surface area contributed by atoms with Gasteiger partial charge >= 0.3 is 0 Å². The molecule has 1 aliphatic heterocycles. The highest BCUT2D eigenvalue weighted by molar-refractivity contribution is 7.13. The Bertz CT molecular complexity index is 657. The van der Waals surface area contributed by atoms with Crippen molar-refractivity contribution in [2.45, 2.75) is 19.4 Å². The molecule has 1 fully saturated rings. The number of hydrogen-bond donors (Lipinski definition) is 0. The van der Waals surface area contributed by atoms with Gasteiger partial charge < -0.3 is 9.64 Å². The number of aromatic nitrogens is 1. The van der Waals surface area contributed by atoms with Crippen LogP contribution in [0.2, 0.25) is 0 Å². The average molecular weight is 345 g/mol. The van der Waals surface area contributed by atoms with Gasteiger partial charge in [-0.15, -0.1) is 11.3 Å². The van der Waals surface area contributed by atoms with Gasteiger partial charge in [0.1, 0.15) is 0 Å². The van der Waals surface area contributed by atoms with Crippen molar-refractivity contribution >= 4 is 22.4 Å². The minimum Gasteiger partial charge on any atom is -0.374 e. The second kappa shape index (κ2) is 7.88. The third kappa shape index (κ3) is 4.41. The smallest absolute Gasteiger partial charge is 0.233 e. The number of hydrogen-bond acceptors (Lipinski definition) is 5. The zero-order valence-electron chi connectivity index (χ0n) is 14.1. The number of morpholine rings is 1. The highest BCUT2D eigenvalue weighted by Crippen LogP contribution is 2.20. The van der Waals surface area contributed by atoms with Crippen molar-refractivity contribution < 1.29 is 9.53 Å². The lowest BCUT2D eigenvalue weighted by molar-refractivity contribution is -0.118. The van der Waals surface area contributed by atoms with E-state index in [2.05, 4.69) is 16.9 Å². The molecule has 0 N–H and O–H groups in total. The number of amides is 1. The van der Waals surface area contributed by atoms with Crippen LogP contribution in [0.15, 0.2) is 35.8 Å². The van der Waals surface area contributed by atoms with Gasteiger partial charge in [-0.2, -0.15) is 0 Å². The number of carbonyl (C=O) groups excluding carboxylic acids is 1. The highest BCUT2D eigenvalue weighted by atomic mass is 32.1. The topological polar surface area (TPSA) is 45.7 Å². The van der Waals surface area contributed by atoms with Crippen LogP contribution in [-0.4, -0.2) is 55.2 Å². The third-order valence-corrected chi connectivity index (χ3v) is 4.95. The number of benzene rings is 1. The van der Waals surface area contributed by atoms with E-state index in [-0.39, 0.29) is 12.0 Å². The molecular formula is C18H23N3O2S. The first-order valence-electron chi connectivity index (χ1n) is 8.17. The molecule has 0 saturated carbocycles. The summed E-state index contributed by atoms with van der Waals surface area (Å²) < 4.78 is 5.83. The summed E-state index contributed by atoms with van der Waals surface area (Å²) in [6.07, 6.45) is 2.14. The lowest BCUT2D eigenvalue weighted by Crippen LogP contribution is -2.48. The van der Waals surface area contributed by atoms with Gasteiger partial charge in [0, 0.05) is 24.7 Å². The number of nitrogens with zero attached hydrogens (tertiary/aromatic N) is 3. The monoisotopic (exact) mass is 345 g/mol. The summed E-state index contributed by atoms with van der Waals surface area (Å²) in [7, 11) is 2.08. The van der Waals surface area contributed by atoms with Crippen molar-refractivity contribution in [3.8, 4) is 0 Å². The highest BCUT2D eigenvalue weighted by Gasteiger charge is 2.26. The van der Waals surface area contributed by atoms with Crippen LogP contribution in [0.3, 0.4) is 0 Å². The quantitative estimate of drug-likeness (QED) is 0.835. The van der Waals surface area contributed by atoms with Crippen LogP contribution in [0.5, 0.6) is 0 Å². The van der Waals surface area contributed by atoms with Gasteiger partial charge in [-0.05, 0) is 19.5 Å². The largest absolute Gasteiger partial charge is 0.374 e. The standard InChI is InChI=1S/C18H23N3O2S/c1-14-3-5-15(6-4-14)11-17(22)21(18-19-7-10-24-18)13-16-12-20(2)8-9-23-16/h3-7,10,16H,8-9,11-13H2,1-2H3/t16-/m1/s1. The van der Waals surface area contributed by atoms with Crippen molar-refractivity contribution in [1.29, 1.82) is 0 Å². The SMILES string of the molecule is Cc1ccc(CC(=O)N(C[C@H]2CN(C)CCO2)c2nccs2)cc1. The molecule has 1 aromatic heterocycles. The van der Waals surface area contributed by atoms with Gasteiger partial charge in [0.05, 0.1) is 25.7 Å². The minimum atomic E-state index is 0.0228. The Hall–Kier alpha value is -1.76. The number of thiazole rings is 1. The molecule has 128 valence electrons. The molecule has 24 heavy (non-hydrogen) atoms. The van der Waals surface area contributed by atoms with E-state index in [4.69, 9.17) is 4.74 Å². The summed E-state index contributed by atoms with van der Waals surface area (Å²) in [6, 6.07) is 8.10. The molecule has 0 unspecified atom stereocenters.